The van der Waals surface area contributed by atoms with Gasteiger partial charge in [0.15, 0.2) is 0 Å². The van der Waals surface area contributed by atoms with Crippen molar-refractivity contribution in [3.63, 3.8) is 0 Å². The van der Waals surface area contributed by atoms with Crippen molar-refractivity contribution in [2.45, 2.75) is 16.7 Å². The quantitative estimate of drug-likeness (QED) is 0.253. The van der Waals surface area contributed by atoms with Gasteiger partial charge >= 0.3 is 29.6 Å². The molecule has 0 atom stereocenters. The molecule has 9 nitrogen and oxygen atoms in total. The number of fused-ring (bicyclic) bond motifs is 1. The molecule has 0 aliphatic heterocycles. The Morgan fingerprint density at radius 3 is 2.14 bits per heavy atom. The number of azo groups is 1. The first kappa shape index (κ1) is 23.4. The molecule has 0 aliphatic carbocycles. The summed E-state index contributed by atoms with van der Waals surface area (Å²) < 4.78 is 68.0. The van der Waals surface area contributed by atoms with E-state index < -0.39 is 30.0 Å². The smallest absolute Gasteiger partial charge is 0.744 e. The Labute approximate surface area is 189 Å². The van der Waals surface area contributed by atoms with E-state index >= 15 is 0 Å². The third kappa shape index (κ3) is 5.01. The molecule has 0 saturated carbocycles. The molecule has 0 bridgehead atoms. The van der Waals surface area contributed by atoms with Crippen LogP contribution in [0, 0.1) is 6.92 Å². The summed E-state index contributed by atoms with van der Waals surface area (Å²) in [4.78, 5) is -1.25. The fourth-order valence-corrected chi connectivity index (χ4v) is 4.27. The fraction of sp³-hybridized carbons (Fsp3) is 0.0588. The van der Waals surface area contributed by atoms with E-state index in [4.69, 9.17) is 5.73 Å². The molecule has 0 amide bonds. The zero-order valence-corrected chi connectivity index (χ0v) is 19.0. The molecule has 3 rings (SSSR count). The van der Waals surface area contributed by atoms with Crippen molar-refractivity contribution in [3.8, 4) is 0 Å². The summed E-state index contributed by atoms with van der Waals surface area (Å²) >= 11 is 0. The van der Waals surface area contributed by atoms with E-state index in [-0.39, 0.29) is 46.0 Å². The van der Waals surface area contributed by atoms with Gasteiger partial charge in [-0.25, -0.2) is 8.42 Å². The van der Waals surface area contributed by atoms with Crippen molar-refractivity contribution < 1.29 is 55.5 Å². The number of anilines is 1. The van der Waals surface area contributed by atoms with Gasteiger partial charge in [-0.1, -0.05) is 18.2 Å². The standard InChI is InChI=1S/C17H15N3O6S2.Na/c1-10-9-11(18)5-7-14(10)19-20-15-8-6-12-13(17(15)28(24,25)26)3-2-4-16(12)27(21,22)23;/h2-9H,18H2,1H3,(H,21,22,23)(H,24,25,26);/q;+1/p-1. The Morgan fingerprint density at radius 2 is 1.55 bits per heavy atom. The number of nitrogens with two attached hydrogens (primary N) is 1. The van der Waals surface area contributed by atoms with Gasteiger partial charge in [0, 0.05) is 16.5 Å². The van der Waals surface area contributed by atoms with Crippen molar-refractivity contribution in [2.75, 3.05) is 5.73 Å². The second-order valence-electron chi connectivity index (χ2n) is 5.94. The van der Waals surface area contributed by atoms with Crippen molar-refractivity contribution in [1.29, 1.82) is 0 Å². The van der Waals surface area contributed by atoms with E-state index in [2.05, 4.69) is 10.2 Å². The second-order valence-corrected chi connectivity index (χ2v) is 8.65. The fourth-order valence-electron chi connectivity index (χ4n) is 2.75. The molecule has 0 aliphatic rings. The Bertz CT molecular complexity index is 1340. The first-order valence-corrected chi connectivity index (χ1v) is 10.6. The van der Waals surface area contributed by atoms with Crippen LogP contribution in [0.5, 0.6) is 0 Å². The first-order chi connectivity index (χ1) is 13.0. The van der Waals surface area contributed by atoms with E-state index in [0.29, 0.717) is 16.9 Å². The van der Waals surface area contributed by atoms with Gasteiger partial charge in [0.25, 0.3) is 10.1 Å². The van der Waals surface area contributed by atoms with Crippen molar-refractivity contribution in [1.82, 2.24) is 0 Å². The molecule has 29 heavy (non-hydrogen) atoms. The van der Waals surface area contributed by atoms with E-state index in [1.165, 1.54) is 18.2 Å². The minimum Gasteiger partial charge on any atom is -0.744 e. The summed E-state index contributed by atoms with van der Waals surface area (Å²) in [5, 5.41) is 7.53. The Morgan fingerprint density at radius 1 is 0.931 bits per heavy atom. The Kier molecular flexibility index (Phi) is 6.85. The number of benzene rings is 3. The number of hydrogen-bond acceptors (Lipinski definition) is 8. The van der Waals surface area contributed by atoms with E-state index in [1.807, 2.05) is 0 Å². The zero-order chi connectivity index (χ0) is 20.7. The normalized spacial score (nSPS) is 12.2. The summed E-state index contributed by atoms with van der Waals surface area (Å²) in [7, 11) is -9.68. The summed E-state index contributed by atoms with van der Waals surface area (Å²) in [5.41, 5.74) is 7.02. The molecule has 0 radical (unpaired) electrons. The van der Waals surface area contributed by atoms with Crippen molar-refractivity contribution in [2.24, 2.45) is 10.2 Å². The van der Waals surface area contributed by atoms with Gasteiger partial charge in [-0.05, 0) is 42.8 Å². The minimum atomic E-state index is -5.04. The number of nitrogens with zero attached hydrogens (tertiary/aromatic N) is 2. The van der Waals surface area contributed by atoms with E-state index in [9.17, 15) is 25.9 Å². The molecule has 0 aromatic heterocycles. The predicted molar refractivity (Wildman–Crippen MR) is 101 cm³/mol. The second kappa shape index (κ2) is 8.48. The van der Waals surface area contributed by atoms with Gasteiger partial charge in [-0.3, -0.25) is 4.55 Å². The number of rotatable bonds is 4. The van der Waals surface area contributed by atoms with Crippen molar-refractivity contribution >= 4 is 48.1 Å². The maximum Gasteiger partial charge on any atom is 1.00 e. The predicted octanol–water partition coefficient (Wildman–Crippen LogP) is 0.301. The van der Waals surface area contributed by atoms with Crippen LogP contribution < -0.4 is 35.3 Å². The Balaban J connectivity index is 0.00000300. The molecule has 3 N–H and O–H groups in total. The topological polar surface area (TPSA) is 162 Å². The SMILES string of the molecule is Cc1cc(N)ccc1N=Nc1ccc2c(S(=O)(=O)O)cccc2c1S(=O)(=O)[O-].[Na+]. The average Bonchev–Trinajstić information content (AvgIpc) is 2.58. The van der Waals surface area contributed by atoms with Crippen LogP contribution in [-0.4, -0.2) is 25.9 Å². The molecule has 3 aromatic carbocycles. The molecule has 0 fully saturated rings. The van der Waals surface area contributed by atoms with E-state index in [1.54, 1.807) is 25.1 Å². The maximum atomic E-state index is 11.9. The van der Waals surface area contributed by atoms with Crippen LogP contribution in [0.25, 0.3) is 10.8 Å². The molecule has 3 aromatic rings. The molecule has 0 saturated heterocycles. The van der Waals surface area contributed by atoms with E-state index in [0.717, 1.165) is 12.1 Å². The average molecular weight is 443 g/mol. The van der Waals surface area contributed by atoms with Gasteiger partial charge in [0.1, 0.15) is 20.7 Å². The third-order valence-corrected chi connectivity index (χ3v) is 5.81. The molecule has 0 heterocycles. The van der Waals surface area contributed by atoms with Crippen LogP contribution in [0.2, 0.25) is 0 Å². The Hall–Kier alpha value is -1.86. The maximum absolute atomic E-state index is 11.9. The number of hydrogen-bond donors (Lipinski definition) is 2. The van der Waals surface area contributed by atoms with Crippen LogP contribution in [0.3, 0.4) is 0 Å². The molecule has 0 spiro atoms. The van der Waals surface area contributed by atoms with Crippen LogP contribution in [-0.2, 0) is 20.2 Å². The largest absolute Gasteiger partial charge is 1.00 e. The van der Waals surface area contributed by atoms with Crippen LogP contribution in [0.15, 0.2) is 68.6 Å². The summed E-state index contributed by atoms with van der Waals surface area (Å²) in [6.07, 6.45) is 0. The summed E-state index contributed by atoms with van der Waals surface area (Å²) in [5.74, 6) is 0. The molecular formula is C17H14N3NaO6S2. The van der Waals surface area contributed by atoms with Gasteiger partial charge < -0.3 is 10.3 Å². The van der Waals surface area contributed by atoms with Gasteiger partial charge in [-0.2, -0.15) is 13.5 Å². The number of aryl methyl sites for hydroxylation is 1. The molecule has 146 valence electrons. The monoisotopic (exact) mass is 443 g/mol. The summed E-state index contributed by atoms with van der Waals surface area (Å²) in [6.45, 7) is 1.73. The summed E-state index contributed by atoms with van der Waals surface area (Å²) in [6, 6.07) is 10.8. The van der Waals surface area contributed by atoms with Gasteiger partial charge in [0.05, 0.1) is 10.6 Å². The zero-order valence-electron chi connectivity index (χ0n) is 15.4. The third-order valence-electron chi connectivity index (χ3n) is 3.97. The number of nitrogen functional groups attached to an aromatic ring is 1. The van der Waals surface area contributed by atoms with Crippen LogP contribution >= 0.6 is 0 Å². The van der Waals surface area contributed by atoms with Gasteiger partial charge in [-0.15, -0.1) is 5.11 Å². The van der Waals surface area contributed by atoms with Crippen LogP contribution in [0.4, 0.5) is 17.1 Å². The minimum absolute atomic E-state index is 0. The molecular weight excluding hydrogens is 429 g/mol. The molecule has 12 heteroatoms. The van der Waals surface area contributed by atoms with Crippen molar-refractivity contribution in [3.05, 3.63) is 54.1 Å². The molecule has 0 unspecified atom stereocenters. The van der Waals surface area contributed by atoms with Gasteiger partial charge in [0.2, 0.25) is 0 Å². The van der Waals surface area contributed by atoms with Crippen LogP contribution in [0.1, 0.15) is 5.56 Å². The first-order valence-electron chi connectivity index (χ1n) is 7.75.